The summed E-state index contributed by atoms with van der Waals surface area (Å²) >= 11 is 5.75. The van der Waals surface area contributed by atoms with Gasteiger partial charge in [-0.1, -0.05) is 0 Å². The van der Waals surface area contributed by atoms with Gasteiger partial charge in [-0.05, 0) is 40.2 Å². The van der Waals surface area contributed by atoms with Crippen LogP contribution in [0.4, 0.5) is 0 Å². The first kappa shape index (κ1) is 15.0. The summed E-state index contributed by atoms with van der Waals surface area (Å²) in [5.74, 6) is 0.335. The molecule has 0 aliphatic rings. The number of amides is 1. The summed E-state index contributed by atoms with van der Waals surface area (Å²) in [5, 5.41) is 7.28. The van der Waals surface area contributed by atoms with Crippen molar-refractivity contribution in [3.63, 3.8) is 0 Å². The minimum atomic E-state index is -0.500. The molecule has 0 saturated carbocycles. The predicted molar refractivity (Wildman–Crippen MR) is 73.8 cm³/mol. The molecule has 1 heterocycles. The summed E-state index contributed by atoms with van der Waals surface area (Å²) in [5.41, 5.74) is 1.68. The Labute approximate surface area is 114 Å². The predicted octanol–water partition coefficient (Wildman–Crippen LogP) is 2.27. The Morgan fingerprint density at radius 2 is 2.17 bits per heavy atom. The normalized spacial score (nSPS) is 11.6. The number of nitrogens with zero attached hydrogens (tertiary/aromatic N) is 2. The van der Waals surface area contributed by atoms with E-state index in [4.69, 9.17) is 11.6 Å². The number of carbonyl (C=O) groups is 1. The molecule has 4 nitrogen and oxygen atoms in total. The molecule has 1 rings (SSSR count). The SMILES string of the molecule is Cc1cc(C)n(CCCNC(=O)C(C)(C)CCl)n1. The lowest BCUT2D eigenvalue weighted by Crippen LogP contribution is -2.38. The average Bonchev–Trinajstić information content (AvgIpc) is 2.63. The van der Waals surface area contributed by atoms with E-state index < -0.39 is 5.41 Å². The van der Waals surface area contributed by atoms with E-state index in [1.807, 2.05) is 32.4 Å². The smallest absolute Gasteiger partial charge is 0.226 e. The molecule has 0 radical (unpaired) electrons. The van der Waals surface area contributed by atoms with E-state index in [1.54, 1.807) is 0 Å². The van der Waals surface area contributed by atoms with Crippen molar-refractivity contribution in [3.05, 3.63) is 17.5 Å². The number of aryl methyl sites for hydroxylation is 3. The summed E-state index contributed by atoms with van der Waals surface area (Å²) in [6.07, 6.45) is 0.867. The van der Waals surface area contributed by atoms with Crippen LogP contribution in [0.25, 0.3) is 0 Å². The van der Waals surface area contributed by atoms with E-state index in [-0.39, 0.29) is 5.91 Å². The fourth-order valence-electron chi connectivity index (χ4n) is 1.63. The van der Waals surface area contributed by atoms with Crippen LogP contribution in [-0.4, -0.2) is 28.1 Å². The van der Waals surface area contributed by atoms with Crippen molar-refractivity contribution in [2.75, 3.05) is 12.4 Å². The Hall–Kier alpha value is -1.03. The molecule has 102 valence electrons. The quantitative estimate of drug-likeness (QED) is 0.637. The summed E-state index contributed by atoms with van der Waals surface area (Å²) in [6.45, 7) is 9.18. The molecule has 1 N–H and O–H groups in total. The van der Waals surface area contributed by atoms with E-state index in [9.17, 15) is 4.79 Å². The minimum Gasteiger partial charge on any atom is -0.356 e. The number of nitrogens with one attached hydrogen (secondary N) is 1. The number of rotatable bonds is 6. The number of alkyl halides is 1. The van der Waals surface area contributed by atoms with Gasteiger partial charge in [-0.3, -0.25) is 9.48 Å². The molecule has 0 saturated heterocycles. The van der Waals surface area contributed by atoms with Gasteiger partial charge in [0.25, 0.3) is 0 Å². The highest BCUT2D eigenvalue weighted by atomic mass is 35.5. The van der Waals surface area contributed by atoms with Gasteiger partial charge in [-0.25, -0.2) is 0 Å². The molecule has 0 aliphatic carbocycles. The van der Waals surface area contributed by atoms with Gasteiger partial charge in [-0.2, -0.15) is 5.10 Å². The lowest BCUT2D eigenvalue weighted by Gasteiger charge is -2.20. The third-order valence-electron chi connectivity index (χ3n) is 2.88. The van der Waals surface area contributed by atoms with Crippen LogP contribution in [0.15, 0.2) is 6.07 Å². The summed E-state index contributed by atoms with van der Waals surface area (Å²) in [7, 11) is 0. The van der Waals surface area contributed by atoms with Crippen molar-refractivity contribution in [3.8, 4) is 0 Å². The van der Waals surface area contributed by atoms with Gasteiger partial charge in [0.15, 0.2) is 0 Å². The standard InChI is InChI=1S/C13H22ClN3O/c1-10-8-11(2)17(16-10)7-5-6-15-12(18)13(3,4)9-14/h8H,5-7,9H2,1-4H3,(H,15,18). The summed E-state index contributed by atoms with van der Waals surface area (Å²) in [4.78, 5) is 11.8. The van der Waals surface area contributed by atoms with E-state index in [0.29, 0.717) is 12.4 Å². The number of carbonyl (C=O) groups excluding carboxylic acids is 1. The van der Waals surface area contributed by atoms with Crippen LogP contribution in [-0.2, 0) is 11.3 Å². The highest BCUT2D eigenvalue weighted by molar-refractivity contribution is 6.19. The molecule has 0 aliphatic heterocycles. The second kappa shape index (κ2) is 6.23. The first-order chi connectivity index (χ1) is 8.36. The van der Waals surface area contributed by atoms with Crippen molar-refractivity contribution in [1.29, 1.82) is 0 Å². The maximum atomic E-state index is 11.8. The highest BCUT2D eigenvalue weighted by Gasteiger charge is 2.25. The molecule has 5 heteroatoms. The van der Waals surface area contributed by atoms with Crippen molar-refractivity contribution in [2.45, 2.75) is 40.7 Å². The first-order valence-electron chi connectivity index (χ1n) is 6.22. The minimum absolute atomic E-state index is 0.00543. The summed E-state index contributed by atoms with van der Waals surface area (Å²) in [6, 6.07) is 2.05. The third-order valence-corrected chi connectivity index (χ3v) is 3.55. The Bertz CT molecular complexity index is 412. The molecule has 1 aromatic heterocycles. The molecule has 0 unspecified atom stereocenters. The fourth-order valence-corrected chi connectivity index (χ4v) is 1.75. The van der Waals surface area contributed by atoms with Crippen molar-refractivity contribution >= 4 is 17.5 Å². The van der Waals surface area contributed by atoms with Gasteiger partial charge in [0.1, 0.15) is 0 Å². The average molecular weight is 272 g/mol. The van der Waals surface area contributed by atoms with Crippen LogP contribution < -0.4 is 5.32 Å². The van der Waals surface area contributed by atoms with Crippen LogP contribution in [0.2, 0.25) is 0 Å². The zero-order chi connectivity index (χ0) is 13.8. The molecule has 1 amide bonds. The van der Waals surface area contributed by atoms with Crippen LogP contribution in [0, 0.1) is 19.3 Å². The van der Waals surface area contributed by atoms with E-state index in [0.717, 1.165) is 24.4 Å². The summed E-state index contributed by atoms with van der Waals surface area (Å²) < 4.78 is 1.97. The van der Waals surface area contributed by atoms with Gasteiger partial charge in [-0.15, -0.1) is 11.6 Å². The van der Waals surface area contributed by atoms with Crippen LogP contribution >= 0.6 is 11.6 Å². The Morgan fingerprint density at radius 1 is 1.50 bits per heavy atom. The second-order valence-corrected chi connectivity index (χ2v) is 5.54. The van der Waals surface area contributed by atoms with Gasteiger partial charge < -0.3 is 5.32 Å². The van der Waals surface area contributed by atoms with Crippen molar-refractivity contribution in [1.82, 2.24) is 15.1 Å². The van der Waals surface area contributed by atoms with Gasteiger partial charge >= 0.3 is 0 Å². The molecule has 0 aromatic carbocycles. The largest absolute Gasteiger partial charge is 0.356 e. The number of halogens is 1. The first-order valence-corrected chi connectivity index (χ1v) is 6.75. The molecule has 1 aromatic rings. The maximum absolute atomic E-state index is 11.8. The molecule has 0 fully saturated rings. The molecule has 0 spiro atoms. The van der Waals surface area contributed by atoms with E-state index in [1.165, 1.54) is 0 Å². The zero-order valence-corrected chi connectivity index (χ0v) is 12.3. The lowest BCUT2D eigenvalue weighted by molar-refractivity contribution is -0.128. The molecule has 18 heavy (non-hydrogen) atoms. The number of hydrogen-bond acceptors (Lipinski definition) is 2. The third kappa shape index (κ3) is 4.02. The lowest BCUT2D eigenvalue weighted by atomic mass is 9.95. The Morgan fingerprint density at radius 3 is 2.67 bits per heavy atom. The Kier molecular flexibility index (Phi) is 5.20. The van der Waals surface area contributed by atoms with Crippen LogP contribution in [0.1, 0.15) is 31.7 Å². The van der Waals surface area contributed by atoms with Gasteiger partial charge in [0.2, 0.25) is 5.91 Å². The van der Waals surface area contributed by atoms with E-state index >= 15 is 0 Å². The maximum Gasteiger partial charge on any atom is 0.226 e. The van der Waals surface area contributed by atoms with Gasteiger partial charge in [0, 0.05) is 24.7 Å². The van der Waals surface area contributed by atoms with E-state index in [2.05, 4.69) is 16.5 Å². The number of hydrogen-bond donors (Lipinski definition) is 1. The molecular formula is C13H22ClN3O. The monoisotopic (exact) mass is 271 g/mol. The van der Waals surface area contributed by atoms with Crippen LogP contribution in [0.3, 0.4) is 0 Å². The zero-order valence-electron chi connectivity index (χ0n) is 11.6. The second-order valence-electron chi connectivity index (χ2n) is 5.28. The van der Waals surface area contributed by atoms with Crippen molar-refractivity contribution in [2.24, 2.45) is 5.41 Å². The van der Waals surface area contributed by atoms with Gasteiger partial charge in [0.05, 0.1) is 11.1 Å². The fraction of sp³-hybridized carbons (Fsp3) is 0.692. The molecule has 0 bridgehead atoms. The molecular weight excluding hydrogens is 250 g/mol. The van der Waals surface area contributed by atoms with Crippen molar-refractivity contribution < 1.29 is 4.79 Å². The number of aromatic nitrogens is 2. The Balaban J connectivity index is 2.31. The topological polar surface area (TPSA) is 46.9 Å². The van der Waals surface area contributed by atoms with Crippen LogP contribution in [0.5, 0.6) is 0 Å². The highest BCUT2D eigenvalue weighted by Crippen LogP contribution is 2.16. The molecule has 0 atom stereocenters.